The van der Waals surface area contributed by atoms with Crippen LogP contribution in [-0.4, -0.2) is 19.9 Å². The summed E-state index contributed by atoms with van der Waals surface area (Å²) in [7, 11) is 0. The van der Waals surface area contributed by atoms with Gasteiger partial charge in [-0.25, -0.2) is 9.97 Å². The fourth-order valence-corrected chi connectivity index (χ4v) is 4.08. The van der Waals surface area contributed by atoms with E-state index in [2.05, 4.69) is 59.1 Å². The van der Waals surface area contributed by atoms with Crippen LogP contribution in [0, 0.1) is 13.8 Å². The summed E-state index contributed by atoms with van der Waals surface area (Å²) in [5.74, 6) is 2.27. The van der Waals surface area contributed by atoms with Gasteiger partial charge in [0.05, 0.1) is 22.1 Å². The standard InChI is InChI=1S/C25H32N4/c1-18-16-17-22-25(19(18)2)29-24(28-22)15-9-7-5-3-4-6-8-14-23-26-20-12-10-11-13-21(20)27-23/h10-13,16-17H,3-9,14-15H2,1-2H3,(H,26,27)(H,28,29). The Morgan fingerprint density at radius 1 is 0.655 bits per heavy atom. The Morgan fingerprint density at radius 2 is 1.28 bits per heavy atom. The molecule has 152 valence electrons. The highest BCUT2D eigenvalue weighted by molar-refractivity contribution is 5.79. The summed E-state index contributed by atoms with van der Waals surface area (Å²) in [6.07, 6.45) is 11.1. The summed E-state index contributed by atoms with van der Waals surface area (Å²) in [5, 5.41) is 0. The first-order valence-corrected chi connectivity index (χ1v) is 11.1. The Hall–Kier alpha value is -2.62. The molecular formula is C25H32N4. The first-order valence-electron chi connectivity index (χ1n) is 11.1. The van der Waals surface area contributed by atoms with E-state index in [1.54, 1.807) is 0 Å². The zero-order chi connectivity index (χ0) is 20.1. The molecule has 29 heavy (non-hydrogen) atoms. The van der Waals surface area contributed by atoms with Crippen LogP contribution in [0.1, 0.15) is 67.7 Å². The molecule has 0 saturated heterocycles. The number of benzene rings is 2. The van der Waals surface area contributed by atoms with Crippen LogP contribution < -0.4 is 0 Å². The molecule has 0 saturated carbocycles. The second-order valence-corrected chi connectivity index (χ2v) is 8.26. The van der Waals surface area contributed by atoms with E-state index in [9.17, 15) is 0 Å². The van der Waals surface area contributed by atoms with Crippen molar-refractivity contribution >= 4 is 22.1 Å². The molecule has 0 aliphatic heterocycles. The molecular weight excluding hydrogens is 356 g/mol. The Labute approximate surface area is 173 Å². The average Bonchev–Trinajstić information content (AvgIpc) is 3.33. The average molecular weight is 389 g/mol. The Bertz CT molecular complexity index is 1040. The van der Waals surface area contributed by atoms with Gasteiger partial charge in [-0.15, -0.1) is 0 Å². The van der Waals surface area contributed by atoms with Gasteiger partial charge in [0, 0.05) is 12.8 Å². The number of hydrogen-bond acceptors (Lipinski definition) is 2. The Morgan fingerprint density at radius 3 is 2.00 bits per heavy atom. The first kappa shape index (κ1) is 19.7. The lowest BCUT2D eigenvalue weighted by Crippen LogP contribution is -1.90. The third-order valence-corrected chi connectivity index (χ3v) is 5.99. The molecule has 0 fully saturated rings. The van der Waals surface area contributed by atoms with E-state index in [1.165, 1.54) is 61.6 Å². The first-order chi connectivity index (χ1) is 14.2. The lowest BCUT2D eigenvalue weighted by molar-refractivity contribution is 0.573. The number of para-hydroxylation sites is 2. The van der Waals surface area contributed by atoms with E-state index in [4.69, 9.17) is 4.98 Å². The second-order valence-electron chi connectivity index (χ2n) is 8.26. The number of aromatic amines is 2. The van der Waals surface area contributed by atoms with Gasteiger partial charge in [0.25, 0.3) is 0 Å². The predicted octanol–water partition coefficient (Wildman–Crippen LogP) is 6.57. The van der Waals surface area contributed by atoms with Crippen LogP contribution in [0.25, 0.3) is 22.1 Å². The van der Waals surface area contributed by atoms with Gasteiger partial charge >= 0.3 is 0 Å². The van der Waals surface area contributed by atoms with Gasteiger partial charge in [-0.1, -0.05) is 50.3 Å². The summed E-state index contributed by atoms with van der Waals surface area (Å²) in [6, 6.07) is 12.6. The minimum atomic E-state index is 1.05. The van der Waals surface area contributed by atoms with E-state index in [0.717, 1.165) is 41.0 Å². The van der Waals surface area contributed by atoms with Crippen molar-refractivity contribution in [1.29, 1.82) is 0 Å². The lowest BCUT2D eigenvalue weighted by Gasteiger charge is -2.01. The summed E-state index contributed by atoms with van der Waals surface area (Å²) in [6.45, 7) is 4.32. The number of H-pyrrole nitrogens is 2. The summed E-state index contributed by atoms with van der Waals surface area (Å²) < 4.78 is 0. The third-order valence-electron chi connectivity index (χ3n) is 5.99. The van der Waals surface area contributed by atoms with Crippen molar-refractivity contribution in [1.82, 2.24) is 19.9 Å². The SMILES string of the molecule is Cc1ccc2[nH]c(CCCCCCCCCc3nc4ccccc4[nH]3)nc2c1C. The highest BCUT2D eigenvalue weighted by Crippen LogP contribution is 2.20. The smallest absolute Gasteiger partial charge is 0.107 e. The van der Waals surface area contributed by atoms with Gasteiger partial charge in [0.1, 0.15) is 11.6 Å². The van der Waals surface area contributed by atoms with Gasteiger partial charge in [-0.2, -0.15) is 0 Å². The van der Waals surface area contributed by atoms with Crippen LogP contribution in [0.4, 0.5) is 0 Å². The van der Waals surface area contributed by atoms with Crippen molar-refractivity contribution < 1.29 is 0 Å². The maximum absolute atomic E-state index is 4.81. The minimum Gasteiger partial charge on any atom is -0.342 e. The fraction of sp³-hybridized carbons (Fsp3) is 0.440. The number of hydrogen-bond donors (Lipinski definition) is 2. The van der Waals surface area contributed by atoms with Crippen molar-refractivity contribution in [3.63, 3.8) is 0 Å². The molecule has 0 bridgehead atoms. The molecule has 2 heterocycles. The molecule has 4 nitrogen and oxygen atoms in total. The summed E-state index contributed by atoms with van der Waals surface area (Å²) >= 11 is 0. The monoisotopic (exact) mass is 388 g/mol. The molecule has 4 rings (SSSR count). The largest absolute Gasteiger partial charge is 0.342 e. The highest BCUT2D eigenvalue weighted by Gasteiger charge is 2.07. The quantitative estimate of drug-likeness (QED) is 0.302. The zero-order valence-electron chi connectivity index (χ0n) is 17.7. The van der Waals surface area contributed by atoms with Gasteiger partial charge in [-0.05, 0) is 56.0 Å². The third kappa shape index (κ3) is 4.87. The van der Waals surface area contributed by atoms with E-state index in [-0.39, 0.29) is 0 Å². The molecule has 0 aliphatic rings. The maximum atomic E-state index is 4.81. The van der Waals surface area contributed by atoms with Gasteiger partial charge in [-0.3, -0.25) is 0 Å². The molecule has 0 atom stereocenters. The van der Waals surface area contributed by atoms with Crippen LogP contribution in [0.2, 0.25) is 0 Å². The zero-order valence-corrected chi connectivity index (χ0v) is 17.7. The van der Waals surface area contributed by atoms with Gasteiger partial charge in [0.2, 0.25) is 0 Å². The number of imidazole rings is 2. The molecule has 2 N–H and O–H groups in total. The van der Waals surface area contributed by atoms with Gasteiger partial charge < -0.3 is 9.97 Å². The van der Waals surface area contributed by atoms with Crippen molar-refractivity contribution in [2.24, 2.45) is 0 Å². The van der Waals surface area contributed by atoms with Crippen LogP contribution >= 0.6 is 0 Å². The molecule has 4 aromatic rings. The second kappa shape index (κ2) is 9.25. The van der Waals surface area contributed by atoms with E-state index in [1.807, 2.05) is 6.07 Å². The van der Waals surface area contributed by atoms with Gasteiger partial charge in [0.15, 0.2) is 0 Å². The number of rotatable bonds is 10. The summed E-state index contributed by atoms with van der Waals surface area (Å²) in [4.78, 5) is 16.4. The summed E-state index contributed by atoms with van der Waals surface area (Å²) in [5.41, 5.74) is 7.16. The predicted molar refractivity (Wildman–Crippen MR) is 121 cm³/mol. The number of nitrogens with one attached hydrogen (secondary N) is 2. The Kier molecular flexibility index (Phi) is 6.28. The van der Waals surface area contributed by atoms with Crippen LogP contribution in [0.3, 0.4) is 0 Å². The van der Waals surface area contributed by atoms with Crippen LogP contribution in [0.5, 0.6) is 0 Å². The molecule has 0 amide bonds. The lowest BCUT2D eigenvalue weighted by atomic mass is 10.1. The van der Waals surface area contributed by atoms with Crippen molar-refractivity contribution in [3.8, 4) is 0 Å². The molecule has 4 heteroatoms. The van der Waals surface area contributed by atoms with Crippen molar-refractivity contribution in [3.05, 3.63) is 59.2 Å². The molecule has 2 aromatic carbocycles. The van der Waals surface area contributed by atoms with Crippen LogP contribution in [-0.2, 0) is 12.8 Å². The number of fused-ring (bicyclic) bond motifs is 2. The normalized spacial score (nSPS) is 11.7. The fourth-order valence-electron chi connectivity index (χ4n) is 4.08. The number of aromatic nitrogens is 4. The van der Waals surface area contributed by atoms with E-state index < -0.39 is 0 Å². The molecule has 2 aromatic heterocycles. The van der Waals surface area contributed by atoms with Crippen molar-refractivity contribution in [2.45, 2.75) is 71.6 Å². The van der Waals surface area contributed by atoms with E-state index in [0.29, 0.717) is 0 Å². The topological polar surface area (TPSA) is 57.4 Å². The molecule has 0 spiro atoms. The number of unbranched alkanes of at least 4 members (excludes halogenated alkanes) is 6. The maximum Gasteiger partial charge on any atom is 0.107 e. The number of aryl methyl sites for hydroxylation is 4. The molecule has 0 radical (unpaired) electrons. The minimum absolute atomic E-state index is 1.05. The highest BCUT2D eigenvalue weighted by atomic mass is 14.9. The molecule has 0 aliphatic carbocycles. The Balaban J connectivity index is 1.09. The number of nitrogens with zero attached hydrogens (tertiary/aromatic N) is 2. The molecule has 0 unspecified atom stereocenters. The van der Waals surface area contributed by atoms with Crippen LogP contribution in [0.15, 0.2) is 36.4 Å². The van der Waals surface area contributed by atoms with E-state index >= 15 is 0 Å². The van der Waals surface area contributed by atoms with Crippen molar-refractivity contribution in [2.75, 3.05) is 0 Å².